The van der Waals surface area contributed by atoms with E-state index >= 15 is 0 Å². The lowest BCUT2D eigenvalue weighted by Gasteiger charge is -2.33. The predicted octanol–water partition coefficient (Wildman–Crippen LogP) is 2.83. The zero-order valence-corrected chi connectivity index (χ0v) is 15.2. The first kappa shape index (κ1) is 18.2. The van der Waals surface area contributed by atoms with E-state index in [4.69, 9.17) is 4.74 Å². The van der Waals surface area contributed by atoms with Gasteiger partial charge in [-0.25, -0.2) is 4.79 Å². The monoisotopic (exact) mass is 333 g/mol. The number of nitrogens with zero attached hydrogens (tertiary/aromatic N) is 3. The van der Waals surface area contributed by atoms with Gasteiger partial charge in [0, 0.05) is 19.3 Å². The van der Waals surface area contributed by atoms with E-state index in [0.29, 0.717) is 6.54 Å². The summed E-state index contributed by atoms with van der Waals surface area (Å²) in [6.07, 6.45) is 3.12. The van der Waals surface area contributed by atoms with Crippen molar-refractivity contribution in [3.05, 3.63) is 30.1 Å². The minimum absolute atomic E-state index is 0.0991. The number of hydrogen-bond acceptors (Lipinski definition) is 4. The van der Waals surface area contributed by atoms with Crippen LogP contribution in [-0.2, 0) is 16.1 Å². The van der Waals surface area contributed by atoms with E-state index in [0.717, 1.165) is 18.5 Å². The van der Waals surface area contributed by atoms with Crippen molar-refractivity contribution < 1.29 is 14.3 Å². The molecule has 0 aromatic carbocycles. The Morgan fingerprint density at radius 1 is 1.33 bits per heavy atom. The van der Waals surface area contributed by atoms with Crippen molar-refractivity contribution in [1.29, 1.82) is 0 Å². The topological polar surface area (TPSA) is 62.7 Å². The van der Waals surface area contributed by atoms with Gasteiger partial charge in [0.05, 0.1) is 12.2 Å². The first-order valence-corrected chi connectivity index (χ1v) is 8.35. The maximum Gasteiger partial charge on any atom is 0.411 e. The second kappa shape index (κ2) is 7.20. The summed E-state index contributed by atoms with van der Waals surface area (Å²) >= 11 is 0. The molecule has 1 aliphatic carbocycles. The summed E-state index contributed by atoms with van der Waals surface area (Å²) < 4.78 is 5.47. The molecule has 6 heteroatoms. The maximum atomic E-state index is 12.7. The Morgan fingerprint density at radius 2 is 2.00 bits per heavy atom. The summed E-state index contributed by atoms with van der Waals surface area (Å²) in [6, 6.07) is 5.15. The van der Waals surface area contributed by atoms with Crippen LogP contribution in [0.3, 0.4) is 0 Å². The van der Waals surface area contributed by atoms with Crippen molar-refractivity contribution in [3.63, 3.8) is 0 Å². The molecule has 0 bridgehead atoms. The molecule has 2 rings (SSSR count). The molecule has 0 aliphatic heterocycles. The van der Waals surface area contributed by atoms with Gasteiger partial charge in [0.25, 0.3) is 0 Å². The second-order valence-electron chi connectivity index (χ2n) is 7.31. The average molecular weight is 333 g/mol. The second-order valence-corrected chi connectivity index (χ2v) is 7.31. The predicted molar refractivity (Wildman–Crippen MR) is 91.3 cm³/mol. The smallest absolute Gasteiger partial charge is 0.411 e. The van der Waals surface area contributed by atoms with Crippen molar-refractivity contribution >= 4 is 12.0 Å². The first-order chi connectivity index (χ1) is 11.2. The van der Waals surface area contributed by atoms with Gasteiger partial charge in [0.1, 0.15) is 11.6 Å². The largest absolute Gasteiger partial charge is 0.444 e. The molecule has 1 aromatic heterocycles. The quantitative estimate of drug-likeness (QED) is 0.831. The Bertz CT molecular complexity index is 579. The van der Waals surface area contributed by atoms with E-state index in [9.17, 15) is 9.59 Å². The zero-order valence-electron chi connectivity index (χ0n) is 15.2. The lowest BCUT2D eigenvalue weighted by molar-refractivity contribution is -0.135. The van der Waals surface area contributed by atoms with Gasteiger partial charge in [0.15, 0.2) is 0 Å². The van der Waals surface area contributed by atoms with Crippen LogP contribution < -0.4 is 0 Å². The molecule has 1 saturated carbocycles. The summed E-state index contributed by atoms with van der Waals surface area (Å²) in [4.78, 5) is 32.7. The van der Waals surface area contributed by atoms with E-state index in [-0.39, 0.29) is 11.9 Å². The van der Waals surface area contributed by atoms with Crippen molar-refractivity contribution in [2.75, 3.05) is 7.05 Å². The van der Waals surface area contributed by atoms with Gasteiger partial charge in [-0.2, -0.15) is 0 Å². The van der Waals surface area contributed by atoms with Crippen LogP contribution in [0.2, 0.25) is 0 Å². The number of hydrogen-bond donors (Lipinski definition) is 0. The summed E-state index contributed by atoms with van der Waals surface area (Å²) in [7, 11) is 1.73. The summed E-state index contributed by atoms with van der Waals surface area (Å²) in [5.41, 5.74) is 0.239. The van der Waals surface area contributed by atoms with Crippen LogP contribution in [0, 0.1) is 0 Å². The zero-order chi connectivity index (χ0) is 17.9. The van der Waals surface area contributed by atoms with E-state index < -0.39 is 17.7 Å². The highest BCUT2D eigenvalue weighted by atomic mass is 16.6. The van der Waals surface area contributed by atoms with Crippen molar-refractivity contribution in [2.45, 2.75) is 64.8 Å². The number of ether oxygens (including phenoxy) is 1. The number of amides is 2. The van der Waals surface area contributed by atoms with Gasteiger partial charge < -0.3 is 9.64 Å². The molecule has 1 atom stereocenters. The molecular formula is C18H27N3O3. The fraction of sp³-hybridized carbons (Fsp3) is 0.611. The van der Waals surface area contributed by atoms with E-state index in [2.05, 4.69) is 4.98 Å². The Kier molecular flexibility index (Phi) is 5.47. The third-order valence-corrected chi connectivity index (χ3v) is 3.82. The molecule has 2 amide bonds. The Labute approximate surface area is 143 Å². The van der Waals surface area contributed by atoms with Gasteiger partial charge in [-0.05, 0) is 52.7 Å². The van der Waals surface area contributed by atoms with Gasteiger partial charge >= 0.3 is 6.09 Å². The third-order valence-electron chi connectivity index (χ3n) is 3.82. The Morgan fingerprint density at radius 3 is 2.50 bits per heavy atom. The molecule has 0 radical (unpaired) electrons. The highest BCUT2D eigenvalue weighted by Gasteiger charge is 2.41. The number of carbonyl (C=O) groups excluding carboxylic acids is 2. The van der Waals surface area contributed by atoms with Gasteiger partial charge in [-0.3, -0.25) is 14.7 Å². The third kappa shape index (κ3) is 4.94. The number of pyridine rings is 1. The molecule has 0 N–H and O–H groups in total. The van der Waals surface area contributed by atoms with Gasteiger partial charge in [-0.1, -0.05) is 6.07 Å². The van der Waals surface area contributed by atoms with Gasteiger partial charge in [-0.15, -0.1) is 0 Å². The Hall–Kier alpha value is -2.11. The fourth-order valence-corrected chi connectivity index (χ4v) is 2.54. The molecule has 1 unspecified atom stereocenters. The minimum atomic E-state index is -0.577. The first-order valence-electron chi connectivity index (χ1n) is 8.35. The normalized spacial score (nSPS) is 15.5. The van der Waals surface area contributed by atoms with Crippen LogP contribution in [0.15, 0.2) is 24.4 Å². The van der Waals surface area contributed by atoms with E-state index in [1.165, 1.54) is 0 Å². The molecule has 6 nitrogen and oxygen atoms in total. The minimum Gasteiger partial charge on any atom is -0.444 e. The fourth-order valence-electron chi connectivity index (χ4n) is 2.54. The molecule has 1 aromatic rings. The van der Waals surface area contributed by atoms with Crippen LogP contribution >= 0.6 is 0 Å². The number of likely N-dealkylation sites (N-methyl/N-ethyl adjacent to an activating group) is 1. The van der Waals surface area contributed by atoms with Crippen LogP contribution in [0.1, 0.15) is 46.2 Å². The van der Waals surface area contributed by atoms with Crippen LogP contribution in [0.25, 0.3) is 0 Å². The van der Waals surface area contributed by atoms with Crippen molar-refractivity contribution in [2.24, 2.45) is 0 Å². The summed E-state index contributed by atoms with van der Waals surface area (Å²) in [5, 5.41) is 0. The van der Waals surface area contributed by atoms with Crippen LogP contribution in [-0.4, -0.2) is 51.5 Å². The maximum absolute atomic E-state index is 12.7. The molecule has 24 heavy (non-hydrogen) atoms. The molecule has 1 aliphatic rings. The highest BCUT2D eigenvalue weighted by molar-refractivity contribution is 5.85. The lowest BCUT2D eigenvalue weighted by Crippen LogP contribution is -2.50. The number of rotatable bonds is 5. The standard InChI is InChI=1S/C18H27N3O3/c1-13(16(22)20(5)12-14-8-6-7-11-19-14)21(15-9-10-15)17(23)24-18(2,3)4/h6-8,11,13,15H,9-10,12H2,1-5H3. The molecule has 0 spiro atoms. The lowest BCUT2D eigenvalue weighted by atomic mass is 10.2. The summed E-state index contributed by atoms with van der Waals surface area (Å²) in [5.74, 6) is -0.113. The van der Waals surface area contributed by atoms with Gasteiger partial charge in [0.2, 0.25) is 5.91 Å². The molecule has 1 fully saturated rings. The molecule has 1 heterocycles. The van der Waals surface area contributed by atoms with Crippen molar-refractivity contribution in [1.82, 2.24) is 14.8 Å². The Balaban J connectivity index is 2.04. The SMILES string of the molecule is CC(C(=O)N(C)Cc1ccccn1)N(C(=O)OC(C)(C)C)C1CC1. The number of aromatic nitrogens is 1. The van der Waals surface area contributed by atoms with Crippen LogP contribution in [0.5, 0.6) is 0 Å². The molecule has 0 saturated heterocycles. The van der Waals surface area contributed by atoms with Crippen LogP contribution in [0.4, 0.5) is 4.79 Å². The van der Waals surface area contributed by atoms with Crippen molar-refractivity contribution in [3.8, 4) is 0 Å². The van der Waals surface area contributed by atoms with E-state index in [1.54, 1.807) is 30.0 Å². The number of carbonyl (C=O) groups is 2. The van der Waals surface area contributed by atoms with E-state index in [1.807, 2.05) is 39.0 Å². The molecular weight excluding hydrogens is 306 g/mol. The summed E-state index contributed by atoms with van der Waals surface area (Å²) in [6.45, 7) is 7.66. The molecule has 132 valence electrons. The highest BCUT2D eigenvalue weighted by Crippen LogP contribution is 2.30. The average Bonchev–Trinajstić information content (AvgIpc) is 3.30.